The van der Waals surface area contributed by atoms with Gasteiger partial charge in [-0.15, -0.1) is 0 Å². The van der Waals surface area contributed by atoms with E-state index in [0.717, 1.165) is 77.0 Å². The van der Waals surface area contributed by atoms with Crippen molar-refractivity contribution in [3.05, 3.63) is 24.3 Å². The number of carbonyl (C=O) groups is 2. The highest BCUT2D eigenvalue weighted by Crippen LogP contribution is 2.17. The summed E-state index contributed by atoms with van der Waals surface area (Å²) in [6.07, 6.45) is 40.9. The Morgan fingerprint density at radius 3 is 1.48 bits per heavy atom. The normalized spacial score (nSPS) is 13.6. The van der Waals surface area contributed by atoms with Crippen molar-refractivity contribution in [1.29, 1.82) is 0 Å². The van der Waals surface area contributed by atoms with E-state index in [1.165, 1.54) is 96.3 Å². The summed E-state index contributed by atoms with van der Waals surface area (Å²) < 4.78 is 5.86. The van der Waals surface area contributed by atoms with Gasteiger partial charge in [-0.3, -0.25) is 9.59 Å². The molecule has 0 heterocycles. The van der Waals surface area contributed by atoms with Gasteiger partial charge >= 0.3 is 5.97 Å². The second kappa shape index (κ2) is 38.6. The highest BCUT2D eigenvalue weighted by molar-refractivity contribution is 5.77. The lowest BCUT2D eigenvalue weighted by Crippen LogP contribution is -2.46. The third kappa shape index (κ3) is 33.5. The fourth-order valence-corrected chi connectivity index (χ4v) is 6.42. The van der Waals surface area contributed by atoms with Gasteiger partial charge in [0.05, 0.1) is 25.2 Å². The Morgan fingerprint density at radius 2 is 0.960 bits per heavy atom. The molecule has 0 saturated heterocycles. The summed E-state index contributed by atoms with van der Waals surface area (Å²) in [5.74, 6) is -0.501. The van der Waals surface area contributed by atoms with Crippen molar-refractivity contribution < 1.29 is 24.5 Å². The Kier molecular flexibility index (Phi) is 37.3. The number of aliphatic hydroxyl groups excluding tert-OH is 2. The van der Waals surface area contributed by atoms with Crippen molar-refractivity contribution >= 4 is 11.9 Å². The van der Waals surface area contributed by atoms with Gasteiger partial charge in [0.2, 0.25) is 5.91 Å². The summed E-state index contributed by atoms with van der Waals surface area (Å²) >= 11 is 0. The van der Waals surface area contributed by atoms with Crippen LogP contribution in [0.1, 0.15) is 220 Å². The number of nitrogens with one attached hydrogen (secondary N) is 1. The summed E-state index contributed by atoms with van der Waals surface area (Å²) in [5, 5.41) is 23.5. The molecule has 0 saturated carbocycles. The van der Waals surface area contributed by atoms with Crippen LogP contribution in [0, 0.1) is 0 Å². The number of carbonyl (C=O) groups excluding carboxylic acids is 2. The van der Waals surface area contributed by atoms with Gasteiger partial charge in [0.15, 0.2) is 0 Å². The van der Waals surface area contributed by atoms with Gasteiger partial charge in [0.25, 0.3) is 0 Å². The average molecular weight is 706 g/mol. The molecule has 0 aromatic heterocycles. The van der Waals surface area contributed by atoms with Crippen molar-refractivity contribution in [2.24, 2.45) is 0 Å². The van der Waals surface area contributed by atoms with Gasteiger partial charge in [0, 0.05) is 6.42 Å². The Hall–Kier alpha value is -1.66. The molecule has 0 aliphatic rings. The van der Waals surface area contributed by atoms with Crippen LogP contribution in [0.15, 0.2) is 24.3 Å². The van der Waals surface area contributed by atoms with Gasteiger partial charge in [-0.05, 0) is 77.0 Å². The minimum absolute atomic E-state index is 0.0658. The molecule has 6 nitrogen and oxygen atoms in total. The van der Waals surface area contributed by atoms with Gasteiger partial charge in [-0.25, -0.2) is 0 Å². The number of amides is 1. The predicted octanol–water partition coefficient (Wildman–Crippen LogP) is 12.0. The number of hydrogen-bond acceptors (Lipinski definition) is 5. The van der Waals surface area contributed by atoms with Crippen LogP contribution < -0.4 is 5.32 Å². The Morgan fingerprint density at radius 1 is 0.560 bits per heavy atom. The Balaban J connectivity index is 4.61. The lowest BCUT2D eigenvalue weighted by molar-refractivity contribution is -0.151. The van der Waals surface area contributed by atoms with Crippen LogP contribution >= 0.6 is 0 Å². The molecule has 0 aliphatic carbocycles. The molecule has 0 spiro atoms. The fourth-order valence-electron chi connectivity index (χ4n) is 6.42. The SMILES string of the molecule is CCCCC/C=C\CCCCCCCC(=O)OC(CCCCC/C=C\CCCCC)CC(=O)NC(CO)C(O)CCCCCCCCCCC. The minimum atomic E-state index is -0.786. The third-order valence-electron chi connectivity index (χ3n) is 9.75. The van der Waals surface area contributed by atoms with Gasteiger partial charge < -0.3 is 20.3 Å². The van der Waals surface area contributed by atoms with E-state index in [4.69, 9.17) is 4.74 Å². The van der Waals surface area contributed by atoms with E-state index in [1.807, 2.05) is 0 Å². The monoisotopic (exact) mass is 706 g/mol. The number of rotatable bonds is 38. The molecule has 3 atom stereocenters. The van der Waals surface area contributed by atoms with Crippen molar-refractivity contribution in [3.63, 3.8) is 0 Å². The number of aliphatic hydroxyl groups is 2. The van der Waals surface area contributed by atoms with E-state index in [0.29, 0.717) is 19.3 Å². The quantitative estimate of drug-likeness (QED) is 0.0337. The zero-order chi connectivity index (χ0) is 36.8. The zero-order valence-electron chi connectivity index (χ0n) is 33.3. The molecular formula is C44H83NO5. The van der Waals surface area contributed by atoms with E-state index >= 15 is 0 Å². The molecule has 0 bridgehead atoms. The fraction of sp³-hybridized carbons (Fsp3) is 0.864. The first-order chi connectivity index (χ1) is 24.5. The van der Waals surface area contributed by atoms with E-state index in [9.17, 15) is 19.8 Å². The van der Waals surface area contributed by atoms with Crippen molar-refractivity contribution in [3.8, 4) is 0 Å². The molecule has 0 radical (unpaired) electrons. The van der Waals surface area contributed by atoms with Crippen LogP contribution in [0.3, 0.4) is 0 Å². The molecule has 1 amide bonds. The first-order valence-electron chi connectivity index (χ1n) is 21.6. The van der Waals surface area contributed by atoms with Crippen molar-refractivity contribution in [1.82, 2.24) is 5.32 Å². The van der Waals surface area contributed by atoms with Crippen molar-refractivity contribution in [2.75, 3.05) is 6.61 Å². The number of esters is 1. The molecular weight excluding hydrogens is 622 g/mol. The summed E-state index contributed by atoms with van der Waals surface area (Å²) in [5.41, 5.74) is 0. The highest BCUT2D eigenvalue weighted by Gasteiger charge is 2.24. The molecule has 3 unspecified atom stereocenters. The number of allylic oxidation sites excluding steroid dienone is 4. The second-order valence-electron chi connectivity index (χ2n) is 14.7. The molecule has 0 fully saturated rings. The van der Waals surface area contributed by atoms with E-state index < -0.39 is 18.2 Å². The van der Waals surface area contributed by atoms with E-state index in [-0.39, 0.29) is 24.9 Å². The number of unbranched alkanes of at least 4 members (excludes halogenated alkanes) is 22. The van der Waals surface area contributed by atoms with Crippen LogP contribution in [0.5, 0.6) is 0 Å². The zero-order valence-corrected chi connectivity index (χ0v) is 33.3. The molecule has 3 N–H and O–H groups in total. The Labute approximate surface area is 310 Å². The topological polar surface area (TPSA) is 95.9 Å². The molecule has 294 valence electrons. The molecule has 0 aromatic rings. The standard InChI is InChI=1S/C44H83NO5/c1-4-7-10-13-16-19-21-22-25-28-31-34-37-44(49)50-40(35-32-29-26-24-20-17-14-11-8-5-2)38-43(48)45-41(39-46)42(47)36-33-30-27-23-18-15-12-9-6-3/h16-17,19-20,40-42,46-47H,4-15,18,21-39H2,1-3H3,(H,45,48)/b19-16-,20-17-. The summed E-state index contributed by atoms with van der Waals surface area (Å²) in [4.78, 5) is 25.8. The van der Waals surface area contributed by atoms with Gasteiger partial charge in [0.1, 0.15) is 6.10 Å². The van der Waals surface area contributed by atoms with Gasteiger partial charge in [-0.1, -0.05) is 154 Å². The maximum atomic E-state index is 13.0. The minimum Gasteiger partial charge on any atom is -0.462 e. The molecule has 6 heteroatoms. The molecule has 0 aliphatic heterocycles. The summed E-state index contributed by atoms with van der Waals surface area (Å²) in [7, 11) is 0. The molecule has 50 heavy (non-hydrogen) atoms. The van der Waals surface area contributed by atoms with Crippen LogP contribution in [-0.2, 0) is 14.3 Å². The largest absolute Gasteiger partial charge is 0.462 e. The average Bonchev–Trinajstić information content (AvgIpc) is 3.10. The highest BCUT2D eigenvalue weighted by atomic mass is 16.5. The van der Waals surface area contributed by atoms with E-state index in [2.05, 4.69) is 50.4 Å². The first kappa shape index (κ1) is 48.3. The lowest BCUT2D eigenvalue weighted by Gasteiger charge is -2.24. The third-order valence-corrected chi connectivity index (χ3v) is 9.75. The van der Waals surface area contributed by atoms with Crippen molar-refractivity contribution in [2.45, 2.75) is 238 Å². The van der Waals surface area contributed by atoms with Crippen LogP contribution in [0.2, 0.25) is 0 Å². The number of ether oxygens (including phenoxy) is 1. The predicted molar refractivity (Wildman–Crippen MR) is 213 cm³/mol. The second-order valence-corrected chi connectivity index (χ2v) is 14.7. The lowest BCUT2D eigenvalue weighted by atomic mass is 10.0. The van der Waals surface area contributed by atoms with Crippen LogP contribution in [0.4, 0.5) is 0 Å². The number of hydrogen-bond donors (Lipinski definition) is 3. The summed E-state index contributed by atoms with van der Waals surface area (Å²) in [6.45, 7) is 6.39. The Bertz CT molecular complexity index is 797. The maximum absolute atomic E-state index is 13.0. The van der Waals surface area contributed by atoms with E-state index in [1.54, 1.807) is 0 Å². The van der Waals surface area contributed by atoms with Gasteiger partial charge in [-0.2, -0.15) is 0 Å². The smallest absolute Gasteiger partial charge is 0.306 e. The first-order valence-corrected chi connectivity index (χ1v) is 21.6. The maximum Gasteiger partial charge on any atom is 0.306 e. The van der Waals surface area contributed by atoms with Crippen LogP contribution in [0.25, 0.3) is 0 Å². The molecule has 0 rings (SSSR count). The van der Waals surface area contributed by atoms with Crippen LogP contribution in [-0.4, -0.2) is 46.9 Å². The molecule has 0 aromatic carbocycles. The summed E-state index contributed by atoms with van der Waals surface area (Å²) in [6, 6.07) is -0.700.